The first kappa shape index (κ1) is 15.6. The van der Waals surface area contributed by atoms with Crippen LogP contribution in [0.15, 0.2) is 6.20 Å². The minimum Gasteiger partial charge on any atom is -0.462 e. The van der Waals surface area contributed by atoms with E-state index in [4.69, 9.17) is 4.74 Å². The number of aromatic amines is 1. The molecule has 0 fully saturated rings. The van der Waals surface area contributed by atoms with Crippen LogP contribution in [0.4, 0.5) is 5.69 Å². The van der Waals surface area contributed by atoms with Crippen molar-refractivity contribution in [1.82, 2.24) is 4.98 Å². The Morgan fingerprint density at radius 3 is 2.74 bits per heavy atom. The highest BCUT2D eigenvalue weighted by Crippen LogP contribution is 2.21. The standard InChI is InChI=1S/C13H20N2O3S/c1-5-18-13(17)12-9(4)14-6-10(12)15-11(16)7-19-8(2)3/h6,8,14H,5,7H2,1-4H3,(H,15,16). The van der Waals surface area contributed by atoms with E-state index in [1.54, 1.807) is 31.8 Å². The molecule has 0 aliphatic heterocycles. The highest BCUT2D eigenvalue weighted by Gasteiger charge is 2.19. The molecule has 0 aromatic carbocycles. The van der Waals surface area contributed by atoms with Gasteiger partial charge in [0.25, 0.3) is 0 Å². The Morgan fingerprint density at radius 2 is 2.16 bits per heavy atom. The van der Waals surface area contributed by atoms with Crippen molar-refractivity contribution in [3.8, 4) is 0 Å². The van der Waals surface area contributed by atoms with E-state index < -0.39 is 5.97 Å². The lowest BCUT2D eigenvalue weighted by atomic mass is 10.2. The summed E-state index contributed by atoms with van der Waals surface area (Å²) in [5, 5.41) is 3.13. The molecule has 0 atom stereocenters. The lowest BCUT2D eigenvalue weighted by Crippen LogP contribution is -2.17. The number of aryl methyl sites for hydroxylation is 1. The normalized spacial score (nSPS) is 10.6. The van der Waals surface area contributed by atoms with Gasteiger partial charge < -0.3 is 15.0 Å². The summed E-state index contributed by atoms with van der Waals surface area (Å²) in [5.74, 6) is -0.180. The van der Waals surface area contributed by atoms with Crippen molar-refractivity contribution >= 4 is 29.3 Å². The number of rotatable bonds is 6. The summed E-state index contributed by atoms with van der Waals surface area (Å²) in [5.41, 5.74) is 1.56. The van der Waals surface area contributed by atoms with Crippen LogP contribution in [-0.2, 0) is 9.53 Å². The lowest BCUT2D eigenvalue weighted by Gasteiger charge is -2.08. The van der Waals surface area contributed by atoms with Crippen LogP contribution in [0.2, 0.25) is 0 Å². The smallest absolute Gasteiger partial charge is 0.342 e. The number of hydrogen-bond acceptors (Lipinski definition) is 4. The minimum absolute atomic E-state index is 0.122. The summed E-state index contributed by atoms with van der Waals surface area (Å²) in [6, 6.07) is 0. The first-order valence-corrected chi connectivity index (χ1v) is 7.27. The monoisotopic (exact) mass is 284 g/mol. The number of anilines is 1. The third-order valence-electron chi connectivity index (χ3n) is 2.38. The molecule has 1 heterocycles. The summed E-state index contributed by atoms with van der Waals surface area (Å²) in [6.45, 7) is 7.88. The molecule has 0 saturated carbocycles. The molecule has 0 aliphatic carbocycles. The number of amides is 1. The maximum Gasteiger partial charge on any atom is 0.342 e. The van der Waals surface area contributed by atoms with E-state index in [1.807, 2.05) is 13.8 Å². The maximum absolute atomic E-state index is 11.8. The van der Waals surface area contributed by atoms with Crippen molar-refractivity contribution < 1.29 is 14.3 Å². The van der Waals surface area contributed by atoms with E-state index in [0.29, 0.717) is 34.6 Å². The SMILES string of the molecule is CCOC(=O)c1c(NC(=O)CSC(C)C)c[nH]c1C. The van der Waals surface area contributed by atoms with Crippen LogP contribution in [0.5, 0.6) is 0 Å². The average molecular weight is 284 g/mol. The van der Waals surface area contributed by atoms with Crippen molar-refractivity contribution in [1.29, 1.82) is 0 Å². The van der Waals surface area contributed by atoms with E-state index in [-0.39, 0.29) is 5.91 Å². The number of carbonyl (C=O) groups is 2. The van der Waals surface area contributed by atoms with Crippen molar-refractivity contribution in [3.63, 3.8) is 0 Å². The van der Waals surface area contributed by atoms with Crippen molar-refractivity contribution in [2.75, 3.05) is 17.7 Å². The third kappa shape index (κ3) is 4.63. The second-order valence-electron chi connectivity index (χ2n) is 4.33. The Bertz CT molecular complexity index is 455. The maximum atomic E-state index is 11.8. The molecule has 0 saturated heterocycles. The van der Waals surface area contributed by atoms with Gasteiger partial charge in [-0.1, -0.05) is 13.8 Å². The summed E-state index contributed by atoms with van der Waals surface area (Å²) in [4.78, 5) is 26.5. The Balaban J connectivity index is 2.73. The van der Waals surface area contributed by atoms with Gasteiger partial charge in [0.1, 0.15) is 5.56 Å². The molecule has 106 valence electrons. The summed E-state index contributed by atoms with van der Waals surface area (Å²) in [7, 11) is 0. The molecule has 1 aromatic rings. The van der Waals surface area contributed by atoms with Gasteiger partial charge in [-0.25, -0.2) is 4.79 Å². The highest BCUT2D eigenvalue weighted by atomic mass is 32.2. The Labute approximate surface area is 117 Å². The number of thioether (sulfide) groups is 1. The Hall–Kier alpha value is -1.43. The Morgan fingerprint density at radius 1 is 1.47 bits per heavy atom. The van der Waals surface area contributed by atoms with Gasteiger partial charge in [-0.05, 0) is 19.1 Å². The van der Waals surface area contributed by atoms with E-state index in [0.717, 1.165) is 0 Å². The molecule has 0 aliphatic rings. The first-order valence-electron chi connectivity index (χ1n) is 6.22. The molecule has 0 unspecified atom stereocenters. The quantitative estimate of drug-likeness (QED) is 0.788. The van der Waals surface area contributed by atoms with Crippen LogP contribution >= 0.6 is 11.8 Å². The third-order valence-corrected chi connectivity index (χ3v) is 3.47. The number of hydrogen-bond donors (Lipinski definition) is 2. The lowest BCUT2D eigenvalue weighted by molar-refractivity contribution is -0.113. The largest absolute Gasteiger partial charge is 0.462 e. The number of aromatic nitrogens is 1. The predicted octanol–water partition coefficient (Wildman–Crippen LogP) is 2.58. The first-order chi connectivity index (χ1) is 8.95. The zero-order valence-corrected chi connectivity index (χ0v) is 12.5. The van der Waals surface area contributed by atoms with Crippen LogP contribution in [0.25, 0.3) is 0 Å². The highest BCUT2D eigenvalue weighted by molar-refractivity contribution is 8.00. The van der Waals surface area contributed by atoms with E-state index in [1.165, 1.54) is 0 Å². The van der Waals surface area contributed by atoms with Crippen LogP contribution in [0.1, 0.15) is 36.8 Å². The predicted molar refractivity (Wildman–Crippen MR) is 77.7 cm³/mol. The number of esters is 1. The van der Waals surface area contributed by atoms with Gasteiger partial charge >= 0.3 is 5.97 Å². The molecule has 0 radical (unpaired) electrons. The zero-order chi connectivity index (χ0) is 14.4. The zero-order valence-electron chi connectivity index (χ0n) is 11.7. The minimum atomic E-state index is -0.423. The topological polar surface area (TPSA) is 71.2 Å². The molecule has 1 aromatic heterocycles. The van der Waals surface area contributed by atoms with Gasteiger partial charge in [0, 0.05) is 11.9 Å². The van der Waals surface area contributed by atoms with E-state index in [9.17, 15) is 9.59 Å². The van der Waals surface area contributed by atoms with Gasteiger partial charge in [0.05, 0.1) is 18.0 Å². The molecule has 1 rings (SSSR count). The van der Waals surface area contributed by atoms with Crippen molar-refractivity contribution in [2.45, 2.75) is 32.9 Å². The van der Waals surface area contributed by atoms with Gasteiger partial charge in [0.15, 0.2) is 0 Å². The molecule has 6 heteroatoms. The van der Waals surface area contributed by atoms with Crippen LogP contribution in [-0.4, -0.2) is 34.5 Å². The average Bonchev–Trinajstić information content (AvgIpc) is 2.68. The van der Waals surface area contributed by atoms with Crippen molar-refractivity contribution in [3.05, 3.63) is 17.5 Å². The van der Waals surface area contributed by atoms with E-state index in [2.05, 4.69) is 10.3 Å². The molecule has 1 amide bonds. The van der Waals surface area contributed by atoms with Gasteiger partial charge in [0.2, 0.25) is 5.91 Å². The van der Waals surface area contributed by atoms with Gasteiger partial charge in [-0.15, -0.1) is 11.8 Å². The van der Waals surface area contributed by atoms with Crippen LogP contribution in [0.3, 0.4) is 0 Å². The second-order valence-corrected chi connectivity index (χ2v) is 5.90. The van der Waals surface area contributed by atoms with E-state index >= 15 is 0 Å². The van der Waals surface area contributed by atoms with Crippen LogP contribution < -0.4 is 5.32 Å². The molecule has 5 nitrogen and oxygen atoms in total. The number of H-pyrrole nitrogens is 1. The van der Waals surface area contributed by atoms with Crippen LogP contribution in [0, 0.1) is 6.92 Å². The molecule has 0 spiro atoms. The number of carbonyl (C=O) groups excluding carboxylic acids is 2. The number of ether oxygens (including phenoxy) is 1. The van der Waals surface area contributed by atoms with Gasteiger partial charge in [-0.3, -0.25) is 4.79 Å². The summed E-state index contributed by atoms with van der Waals surface area (Å²) >= 11 is 1.55. The molecular formula is C13H20N2O3S. The Kier molecular flexibility index (Phi) is 5.95. The summed E-state index contributed by atoms with van der Waals surface area (Å²) < 4.78 is 4.97. The molecule has 2 N–H and O–H groups in total. The second kappa shape index (κ2) is 7.23. The molecule has 0 bridgehead atoms. The van der Waals surface area contributed by atoms with Crippen molar-refractivity contribution in [2.24, 2.45) is 0 Å². The fraction of sp³-hybridized carbons (Fsp3) is 0.538. The number of nitrogens with one attached hydrogen (secondary N) is 2. The fourth-order valence-electron chi connectivity index (χ4n) is 1.52. The molecular weight excluding hydrogens is 264 g/mol. The summed E-state index contributed by atoms with van der Waals surface area (Å²) in [6.07, 6.45) is 1.61. The van der Waals surface area contributed by atoms with Gasteiger partial charge in [-0.2, -0.15) is 0 Å². The fourth-order valence-corrected chi connectivity index (χ4v) is 2.08. The molecule has 19 heavy (non-hydrogen) atoms.